The van der Waals surface area contributed by atoms with E-state index in [9.17, 15) is 5.11 Å². The summed E-state index contributed by atoms with van der Waals surface area (Å²) in [5.41, 5.74) is -0.233. The van der Waals surface area contributed by atoms with Crippen molar-refractivity contribution in [3.63, 3.8) is 0 Å². The van der Waals surface area contributed by atoms with Gasteiger partial charge in [-0.1, -0.05) is 58.3 Å². The minimum absolute atomic E-state index is 0.233. The van der Waals surface area contributed by atoms with Crippen molar-refractivity contribution in [2.45, 2.75) is 89.3 Å². The number of rotatable bonds is 7. The van der Waals surface area contributed by atoms with Gasteiger partial charge in [0, 0.05) is 7.11 Å². The van der Waals surface area contributed by atoms with Gasteiger partial charge in [0.05, 0.1) is 11.7 Å². The topological polar surface area (TPSA) is 29.5 Å². The lowest BCUT2D eigenvalue weighted by Gasteiger charge is -2.36. The van der Waals surface area contributed by atoms with Crippen LogP contribution in [0.2, 0.25) is 0 Å². The van der Waals surface area contributed by atoms with Crippen molar-refractivity contribution in [3.8, 4) is 0 Å². The molecule has 1 saturated carbocycles. The van der Waals surface area contributed by atoms with Crippen molar-refractivity contribution in [2.24, 2.45) is 0 Å². The molecule has 0 heterocycles. The van der Waals surface area contributed by atoms with Gasteiger partial charge in [-0.25, -0.2) is 0 Å². The molecular weight excluding hydrogens is 212 g/mol. The van der Waals surface area contributed by atoms with Crippen molar-refractivity contribution < 1.29 is 9.84 Å². The molecule has 2 nitrogen and oxygen atoms in total. The molecule has 1 aliphatic rings. The third-order valence-corrected chi connectivity index (χ3v) is 4.29. The first-order chi connectivity index (χ1) is 8.25. The van der Waals surface area contributed by atoms with Crippen LogP contribution in [0.25, 0.3) is 0 Å². The first kappa shape index (κ1) is 15.0. The quantitative estimate of drug-likeness (QED) is 0.539. The minimum Gasteiger partial charge on any atom is -0.390 e. The molecule has 2 heteroatoms. The van der Waals surface area contributed by atoms with Gasteiger partial charge in [-0.2, -0.15) is 0 Å². The Balaban J connectivity index is 2.40. The van der Waals surface area contributed by atoms with Crippen LogP contribution >= 0.6 is 0 Å². The zero-order valence-electron chi connectivity index (χ0n) is 11.7. The number of methoxy groups -OCH3 is 1. The van der Waals surface area contributed by atoms with Crippen molar-refractivity contribution in [1.82, 2.24) is 0 Å². The van der Waals surface area contributed by atoms with Gasteiger partial charge < -0.3 is 9.84 Å². The van der Waals surface area contributed by atoms with E-state index in [2.05, 4.69) is 6.92 Å². The second-order valence-electron chi connectivity index (χ2n) is 5.55. The molecule has 0 saturated heterocycles. The van der Waals surface area contributed by atoms with E-state index in [1.807, 2.05) is 0 Å². The molecule has 0 amide bonds. The highest BCUT2D eigenvalue weighted by Crippen LogP contribution is 2.34. The third kappa shape index (κ3) is 4.59. The Morgan fingerprint density at radius 1 is 1.06 bits per heavy atom. The Bertz CT molecular complexity index is 183. The molecule has 1 aliphatic carbocycles. The lowest BCUT2D eigenvalue weighted by Crippen LogP contribution is -2.43. The summed E-state index contributed by atoms with van der Waals surface area (Å²) in [6.07, 6.45) is 12.7. The third-order valence-electron chi connectivity index (χ3n) is 4.29. The van der Waals surface area contributed by atoms with Crippen molar-refractivity contribution >= 4 is 0 Å². The summed E-state index contributed by atoms with van der Waals surface area (Å²) >= 11 is 0. The van der Waals surface area contributed by atoms with E-state index in [-0.39, 0.29) is 11.7 Å². The van der Waals surface area contributed by atoms with Gasteiger partial charge >= 0.3 is 0 Å². The molecule has 0 bridgehead atoms. The summed E-state index contributed by atoms with van der Waals surface area (Å²) in [5, 5.41) is 10.4. The Labute approximate surface area is 107 Å². The van der Waals surface area contributed by atoms with Crippen molar-refractivity contribution in [3.05, 3.63) is 0 Å². The number of unbranched alkanes of at least 4 members (excludes halogenated alkanes) is 3. The van der Waals surface area contributed by atoms with Crippen LogP contribution in [0.3, 0.4) is 0 Å². The highest BCUT2D eigenvalue weighted by molar-refractivity contribution is 4.89. The lowest BCUT2D eigenvalue weighted by atomic mass is 9.85. The van der Waals surface area contributed by atoms with Crippen LogP contribution in [0.1, 0.15) is 77.6 Å². The molecule has 0 aromatic rings. The van der Waals surface area contributed by atoms with Crippen LogP contribution in [0.15, 0.2) is 0 Å². The number of hydrogen-bond acceptors (Lipinski definition) is 2. The molecule has 0 aliphatic heterocycles. The van der Waals surface area contributed by atoms with Crippen LogP contribution in [-0.4, -0.2) is 23.9 Å². The highest BCUT2D eigenvalue weighted by atomic mass is 16.5. The maximum absolute atomic E-state index is 10.4. The molecule has 1 N–H and O–H groups in total. The molecule has 0 radical (unpaired) electrons. The van der Waals surface area contributed by atoms with E-state index >= 15 is 0 Å². The van der Waals surface area contributed by atoms with Gasteiger partial charge in [-0.3, -0.25) is 0 Å². The first-order valence-corrected chi connectivity index (χ1v) is 7.48. The monoisotopic (exact) mass is 242 g/mol. The van der Waals surface area contributed by atoms with Crippen LogP contribution < -0.4 is 0 Å². The molecule has 102 valence electrons. The predicted molar refractivity (Wildman–Crippen MR) is 72.2 cm³/mol. The summed E-state index contributed by atoms with van der Waals surface area (Å²) in [7, 11) is 1.78. The highest BCUT2D eigenvalue weighted by Gasteiger charge is 2.37. The van der Waals surface area contributed by atoms with Crippen molar-refractivity contribution in [2.75, 3.05) is 7.11 Å². The van der Waals surface area contributed by atoms with Gasteiger partial charge in [0.2, 0.25) is 0 Å². The molecule has 17 heavy (non-hydrogen) atoms. The Kier molecular flexibility index (Phi) is 7.14. The van der Waals surface area contributed by atoms with Crippen LogP contribution in [0.5, 0.6) is 0 Å². The molecule has 0 aromatic heterocycles. The van der Waals surface area contributed by atoms with E-state index in [0.717, 1.165) is 25.7 Å². The normalized spacial score (nSPS) is 22.1. The molecule has 1 fully saturated rings. The number of aliphatic hydroxyl groups is 1. The van der Waals surface area contributed by atoms with E-state index in [1.165, 1.54) is 44.9 Å². The van der Waals surface area contributed by atoms with Gasteiger partial charge in [-0.05, 0) is 19.3 Å². The second-order valence-corrected chi connectivity index (χ2v) is 5.55. The summed E-state index contributed by atoms with van der Waals surface area (Å²) in [6, 6.07) is 0. The molecule has 0 aromatic carbocycles. The van der Waals surface area contributed by atoms with E-state index in [0.29, 0.717) is 0 Å². The molecule has 1 atom stereocenters. The van der Waals surface area contributed by atoms with Crippen LogP contribution in [0, 0.1) is 0 Å². The van der Waals surface area contributed by atoms with Crippen LogP contribution in [0.4, 0.5) is 0 Å². The van der Waals surface area contributed by atoms with Gasteiger partial charge in [0.15, 0.2) is 0 Å². The average molecular weight is 242 g/mol. The van der Waals surface area contributed by atoms with Crippen molar-refractivity contribution in [1.29, 1.82) is 0 Å². The van der Waals surface area contributed by atoms with E-state index < -0.39 is 0 Å². The maximum Gasteiger partial charge on any atom is 0.0936 e. The van der Waals surface area contributed by atoms with Crippen LogP contribution in [-0.2, 0) is 4.74 Å². The Morgan fingerprint density at radius 3 is 2.24 bits per heavy atom. The number of hydrogen-bond donors (Lipinski definition) is 1. The summed E-state index contributed by atoms with van der Waals surface area (Å²) < 4.78 is 5.73. The van der Waals surface area contributed by atoms with E-state index in [1.54, 1.807) is 7.11 Å². The second kappa shape index (κ2) is 8.10. The van der Waals surface area contributed by atoms with Gasteiger partial charge in [0.1, 0.15) is 0 Å². The number of aliphatic hydroxyl groups excluding tert-OH is 1. The Morgan fingerprint density at radius 2 is 1.71 bits per heavy atom. The van der Waals surface area contributed by atoms with Gasteiger partial charge in [0.25, 0.3) is 0 Å². The first-order valence-electron chi connectivity index (χ1n) is 7.48. The minimum atomic E-state index is -0.262. The Hall–Kier alpha value is -0.0800. The summed E-state index contributed by atoms with van der Waals surface area (Å²) in [5.74, 6) is 0. The number of ether oxygens (including phenoxy) is 1. The lowest BCUT2D eigenvalue weighted by molar-refractivity contribution is -0.114. The maximum atomic E-state index is 10.4. The standard InChI is InChI=1S/C15H30O2/c1-3-4-5-8-11-14(16)15(17-2)12-9-6-7-10-13-15/h14,16H,3-13H2,1-2H3. The van der Waals surface area contributed by atoms with Gasteiger partial charge in [-0.15, -0.1) is 0 Å². The average Bonchev–Trinajstić information content (AvgIpc) is 2.60. The summed E-state index contributed by atoms with van der Waals surface area (Å²) in [6.45, 7) is 2.22. The largest absolute Gasteiger partial charge is 0.390 e. The SMILES string of the molecule is CCCCCCC(O)C1(OC)CCCCCC1. The fraction of sp³-hybridized carbons (Fsp3) is 1.00. The zero-order chi connectivity index (χ0) is 12.6. The smallest absolute Gasteiger partial charge is 0.0936 e. The molecule has 0 spiro atoms. The summed E-state index contributed by atoms with van der Waals surface area (Å²) in [4.78, 5) is 0. The zero-order valence-corrected chi connectivity index (χ0v) is 11.7. The molecular formula is C15H30O2. The fourth-order valence-corrected chi connectivity index (χ4v) is 3.03. The predicted octanol–water partition coefficient (Wildman–Crippen LogP) is 4.06. The molecule has 1 unspecified atom stereocenters. The molecule has 1 rings (SSSR count). The van der Waals surface area contributed by atoms with E-state index in [4.69, 9.17) is 4.74 Å². The fourth-order valence-electron chi connectivity index (χ4n) is 3.03.